The van der Waals surface area contributed by atoms with Gasteiger partial charge in [-0.05, 0) is 36.6 Å². The molecule has 0 N–H and O–H groups in total. The topological polar surface area (TPSA) is 46.8 Å². The molecule has 5 rings (SSSR count). The van der Waals surface area contributed by atoms with Gasteiger partial charge >= 0.3 is 0 Å². The highest BCUT2D eigenvalue weighted by molar-refractivity contribution is 7.21. The van der Waals surface area contributed by atoms with Crippen molar-refractivity contribution in [3.8, 4) is 5.75 Å². The first-order chi connectivity index (χ1) is 12.7. The van der Waals surface area contributed by atoms with E-state index in [0.717, 1.165) is 45.3 Å². The van der Waals surface area contributed by atoms with Crippen molar-refractivity contribution < 1.29 is 9.53 Å². The zero-order valence-electron chi connectivity index (χ0n) is 14.2. The zero-order chi connectivity index (χ0) is 17.7. The van der Waals surface area contributed by atoms with Crippen LogP contribution in [0, 0.1) is 0 Å². The van der Waals surface area contributed by atoms with Crippen molar-refractivity contribution in [1.82, 2.24) is 14.3 Å². The molecule has 4 aromatic rings. The van der Waals surface area contributed by atoms with Gasteiger partial charge in [0.15, 0.2) is 4.96 Å². The lowest BCUT2D eigenvalue weighted by molar-refractivity contribution is 0.0740. The van der Waals surface area contributed by atoms with Crippen molar-refractivity contribution in [3.05, 3.63) is 52.3 Å². The third kappa shape index (κ3) is 2.42. The molecule has 132 valence electrons. The number of carbonyl (C=O) groups excluding carboxylic acids is 1. The normalized spacial score (nSPS) is 17.4. The van der Waals surface area contributed by atoms with Crippen LogP contribution in [0.3, 0.4) is 0 Å². The van der Waals surface area contributed by atoms with Crippen LogP contribution >= 0.6 is 22.7 Å². The Morgan fingerprint density at radius 3 is 2.96 bits per heavy atom. The van der Waals surface area contributed by atoms with Gasteiger partial charge in [-0.1, -0.05) is 12.1 Å². The SMILES string of the molecule is COc1ccc(C2CCCN2C(=O)c2cc3c(nc4sccn43)s2)cc1. The van der Waals surface area contributed by atoms with Gasteiger partial charge in [-0.3, -0.25) is 9.20 Å². The number of thiazole rings is 1. The number of likely N-dealkylation sites (tertiary alicyclic amines) is 1. The van der Waals surface area contributed by atoms with E-state index in [1.807, 2.05) is 34.7 Å². The molecule has 1 aliphatic rings. The molecular weight excluding hydrogens is 366 g/mol. The van der Waals surface area contributed by atoms with E-state index >= 15 is 0 Å². The lowest BCUT2D eigenvalue weighted by Gasteiger charge is -2.24. The number of methoxy groups -OCH3 is 1. The van der Waals surface area contributed by atoms with Gasteiger partial charge in [0.05, 0.1) is 23.5 Å². The Hall–Kier alpha value is -2.38. The van der Waals surface area contributed by atoms with Crippen LogP contribution in [0.2, 0.25) is 0 Å². The Bertz CT molecular complexity index is 1090. The highest BCUT2D eigenvalue weighted by Gasteiger charge is 2.31. The van der Waals surface area contributed by atoms with E-state index in [9.17, 15) is 4.79 Å². The van der Waals surface area contributed by atoms with E-state index < -0.39 is 0 Å². The Labute approximate surface area is 158 Å². The van der Waals surface area contributed by atoms with Gasteiger partial charge in [0.25, 0.3) is 5.91 Å². The van der Waals surface area contributed by atoms with E-state index in [1.54, 1.807) is 18.4 Å². The van der Waals surface area contributed by atoms with Crippen LogP contribution < -0.4 is 4.74 Å². The maximum absolute atomic E-state index is 13.2. The number of amides is 1. The molecule has 0 radical (unpaired) electrons. The highest BCUT2D eigenvalue weighted by Crippen LogP contribution is 2.36. The second-order valence-electron chi connectivity index (χ2n) is 6.40. The third-order valence-corrected chi connectivity index (χ3v) is 6.73. The van der Waals surface area contributed by atoms with Crippen molar-refractivity contribution in [1.29, 1.82) is 0 Å². The summed E-state index contributed by atoms with van der Waals surface area (Å²) in [4.78, 5) is 22.5. The van der Waals surface area contributed by atoms with Crippen molar-refractivity contribution in [2.24, 2.45) is 0 Å². The molecule has 1 aromatic carbocycles. The summed E-state index contributed by atoms with van der Waals surface area (Å²) in [6, 6.07) is 10.2. The molecular formula is C19H17N3O2S2. The average Bonchev–Trinajstić information content (AvgIpc) is 3.42. The number of carbonyl (C=O) groups is 1. The summed E-state index contributed by atoms with van der Waals surface area (Å²) in [5, 5.41) is 2.01. The molecule has 1 unspecified atom stereocenters. The molecule has 0 spiro atoms. The monoisotopic (exact) mass is 383 g/mol. The van der Waals surface area contributed by atoms with Gasteiger partial charge in [-0.25, -0.2) is 4.98 Å². The smallest absolute Gasteiger partial charge is 0.264 e. The quantitative estimate of drug-likeness (QED) is 0.520. The lowest BCUT2D eigenvalue weighted by atomic mass is 10.0. The average molecular weight is 383 g/mol. The Morgan fingerprint density at radius 2 is 2.15 bits per heavy atom. The second-order valence-corrected chi connectivity index (χ2v) is 8.30. The van der Waals surface area contributed by atoms with Crippen molar-refractivity contribution in [2.45, 2.75) is 18.9 Å². The molecule has 7 heteroatoms. The summed E-state index contributed by atoms with van der Waals surface area (Å²) in [7, 11) is 1.67. The molecule has 4 heterocycles. The molecule has 0 bridgehead atoms. The predicted molar refractivity (Wildman–Crippen MR) is 104 cm³/mol. The molecule has 1 aliphatic heterocycles. The highest BCUT2D eigenvalue weighted by atomic mass is 32.1. The largest absolute Gasteiger partial charge is 0.497 e. The van der Waals surface area contributed by atoms with Gasteiger partial charge < -0.3 is 9.64 Å². The number of hydrogen-bond donors (Lipinski definition) is 0. The van der Waals surface area contributed by atoms with Crippen LogP contribution in [0.15, 0.2) is 41.9 Å². The van der Waals surface area contributed by atoms with Crippen molar-refractivity contribution >= 4 is 43.9 Å². The van der Waals surface area contributed by atoms with Gasteiger partial charge in [0, 0.05) is 18.1 Å². The van der Waals surface area contributed by atoms with Crippen LogP contribution in [-0.4, -0.2) is 33.8 Å². The number of benzene rings is 1. The van der Waals surface area contributed by atoms with Crippen LogP contribution in [0.4, 0.5) is 0 Å². The second kappa shape index (κ2) is 6.10. The molecule has 1 atom stereocenters. The van der Waals surface area contributed by atoms with Gasteiger partial charge in [0.1, 0.15) is 10.6 Å². The Morgan fingerprint density at radius 1 is 1.31 bits per heavy atom. The summed E-state index contributed by atoms with van der Waals surface area (Å²) in [5.74, 6) is 0.944. The van der Waals surface area contributed by atoms with E-state index in [4.69, 9.17) is 4.74 Å². The van der Waals surface area contributed by atoms with E-state index in [1.165, 1.54) is 16.9 Å². The minimum absolute atomic E-state index is 0.107. The number of fused-ring (bicyclic) bond motifs is 3. The Balaban J connectivity index is 1.46. The van der Waals surface area contributed by atoms with Crippen LogP contribution in [-0.2, 0) is 0 Å². The zero-order valence-corrected chi connectivity index (χ0v) is 15.8. The van der Waals surface area contributed by atoms with Gasteiger partial charge in [-0.2, -0.15) is 0 Å². The standard InChI is InChI=1S/C19H17N3O2S2/c1-24-13-6-4-12(5-7-13)14-3-2-8-21(14)18(23)16-11-15-17(26-16)20-19-22(15)9-10-25-19/h4-7,9-11,14H,2-3,8H2,1H3. The first kappa shape index (κ1) is 15.8. The lowest BCUT2D eigenvalue weighted by Crippen LogP contribution is -2.29. The van der Waals surface area contributed by atoms with Crippen LogP contribution in [0.1, 0.15) is 34.1 Å². The number of nitrogens with zero attached hydrogens (tertiary/aromatic N) is 3. The summed E-state index contributed by atoms with van der Waals surface area (Å²) < 4.78 is 7.30. The molecule has 5 nitrogen and oxygen atoms in total. The van der Waals surface area contributed by atoms with Gasteiger partial charge in [0.2, 0.25) is 0 Å². The maximum Gasteiger partial charge on any atom is 0.264 e. The predicted octanol–water partition coefficient (Wildman–Crippen LogP) is 4.60. The van der Waals surface area contributed by atoms with Crippen LogP contribution in [0.25, 0.3) is 15.3 Å². The maximum atomic E-state index is 13.2. The third-order valence-electron chi connectivity index (χ3n) is 4.96. The number of ether oxygens (including phenoxy) is 1. The fourth-order valence-electron chi connectivity index (χ4n) is 3.68. The molecule has 26 heavy (non-hydrogen) atoms. The van der Waals surface area contributed by atoms with E-state index in [-0.39, 0.29) is 11.9 Å². The summed E-state index contributed by atoms with van der Waals surface area (Å²) >= 11 is 3.10. The minimum atomic E-state index is 0.107. The minimum Gasteiger partial charge on any atom is -0.497 e. The van der Waals surface area contributed by atoms with Crippen molar-refractivity contribution in [2.75, 3.05) is 13.7 Å². The molecule has 1 fully saturated rings. The number of rotatable bonds is 3. The Kier molecular flexibility index (Phi) is 3.72. The van der Waals surface area contributed by atoms with Crippen LogP contribution in [0.5, 0.6) is 5.75 Å². The summed E-state index contributed by atoms with van der Waals surface area (Å²) in [6.07, 6.45) is 4.03. The molecule has 3 aromatic heterocycles. The molecule has 0 saturated carbocycles. The molecule has 1 amide bonds. The number of aromatic nitrogens is 2. The fourth-order valence-corrected chi connectivity index (χ4v) is 5.43. The molecule has 1 saturated heterocycles. The summed E-state index contributed by atoms with van der Waals surface area (Å²) in [6.45, 7) is 0.798. The number of hydrogen-bond acceptors (Lipinski definition) is 5. The fraction of sp³-hybridized carbons (Fsp3) is 0.263. The number of thiophene rings is 1. The molecule has 0 aliphatic carbocycles. The first-order valence-electron chi connectivity index (χ1n) is 8.54. The van der Waals surface area contributed by atoms with E-state index in [2.05, 4.69) is 21.5 Å². The first-order valence-corrected chi connectivity index (χ1v) is 10.2. The van der Waals surface area contributed by atoms with E-state index in [0.29, 0.717) is 0 Å². The van der Waals surface area contributed by atoms with Crippen molar-refractivity contribution in [3.63, 3.8) is 0 Å². The summed E-state index contributed by atoms with van der Waals surface area (Å²) in [5.41, 5.74) is 2.19. The van der Waals surface area contributed by atoms with Gasteiger partial charge in [-0.15, -0.1) is 22.7 Å². The number of imidazole rings is 1.